The predicted molar refractivity (Wildman–Crippen MR) is 157 cm³/mol. The van der Waals surface area contributed by atoms with Crippen LogP contribution >= 0.6 is 0 Å². The topological polar surface area (TPSA) is 77.4 Å². The molecule has 2 atom stereocenters. The number of imidazole rings is 1. The molecular weight excluding hydrogens is 545 g/mol. The van der Waals surface area contributed by atoms with Crippen LogP contribution < -0.4 is 20.1 Å². The van der Waals surface area contributed by atoms with E-state index in [9.17, 15) is 18.0 Å². The molecule has 1 aliphatic rings. The van der Waals surface area contributed by atoms with Crippen molar-refractivity contribution in [1.29, 1.82) is 0 Å². The lowest BCUT2D eigenvalue weighted by molar-refractivity contribution is -0.274. The lowest BCUT2D eigenvalue weighted by Gasteiger charge is -2.40. The summed E-state index contributed by atoms with van der Waals surface area (Å²) in [6.45, 7) is 8.56. The van der Waals surface area contributed by atoms with Gasteiger partial charge in [-0.05, 0) is 85.5 Å². The molecule has 0 saturated heterocycles. The molecule has 42 heavy (non-hydrogen) atoms. The van der Waals surface area contributed by atoms with Crippen LogP contribution in [0.15, 0.2) is 66.7 Å². The van der Waals surface area contributed by atoms with Crippen LogP contribution in [-0.2, 0) is 4.79 Å². The molecule has 7 nitrogen and oxygen atoms in total. The molecule has 3 aromatic carbocycles. The van der Waals surface area contributed by atoms with Crippen LogP contribution in [0.1, 0.15) is 51.6 Å². The molecule has 10 heteroatoms. The molecule has 1 amide bonds. The predicted octanol–water partition coefficient (Wildman–Crippen LogP) is 8.39. The fourth-order valence-electron chi connectivity index (χ4n) is 6.04. The molecule has 0 spiro atoms. The van der Waals surface area contributed by atoms with Crippen LogP contribution in [0.5, 0.6) is 11.5 Å². The van der Waals surface area contributed by atoms with E-state index in [0.29, 0.717) is 28.8 Å². The quantitative estimate of drug-likeness (QED) is 0.219. The van der Waals surface area contributed by atoms with Crippen LogP contribution in [0.25, 0.3) is 11.0 Å². The molecule has 0 aliphatic heterocycles. The highest BCUT2D eigenvalue weighted by atomic mass is 19.4. The third-order valence-corrected chi connectivity index (χ3v) is 7.52. The fourth-order valence-corrected chi connectivity index (χ4v) is 6.04. The van der Waals surface area contributed by atoms with Crippen LogP contribution in [-0.4, -0.2) is 28.4 Å². The molecule has 4 aromatic rings. The average Bonchev–Trinajstić information content (AvgIpc) is 3.25. The van der Waals surface area contributed by atoms with Crippen molar-refractivity contribution in [2.75, 3.05) is 17.2 Å². The number of carbonyl (C=O) groups excluding carboxylic acids is 1. The molecule has 1 aromatic heterocycles. The van der Waals surface area contributed by atoms with Crippen molar-refractivity contribution in [3.05, 3.63) is 72.3 Å². The van der Waals surface area contributed by atoms with Crippen molar-refractivity contribution >= 4 is 34.3 Å². The zero-order chi connectivity index (χ0) is 30.1. The fraction of sp³-hybridized carbons (Fsp3) is 0.375. The summed E-state index contributed by atoms with van der Waals surface area (Å²) in [4.78, 5) is 17.4. The van der Waals surface area contributed by atoms with Crippen molar-refractivity contribution in [3.8, 4) is 11.5 Å². The van der Waals surface area contributed by atoms with Gasteiger partial charge in [-0.15, -0.1) is 13.2 Å². The number of halogens is 3. The van der Waals surface area contributed by atoms with E-state index in [1.54, 1.807) is 6.07 Å². The number of hydrogen-bond donors (Lipinski definition) is 2. The molecule has 1 saturated carbocycles. The lowest BCUT2D eigenvalue weighted by Crippen LogP contribution is -2.29. The van der Waals surface area contributed by atoms with Gasteiger partial charge in [0.2, 0.25) is 5.95 Å². The van der Waals surface area contributed by atoms with Gasteiger partial charge in [0.15, 0.2) is 6.61 Å². The maximum atomic E-state index is 12.6. The third-order valence-electron chi connectivity index (χ3n) is 7.52. The summed E-state index contributed by atoms with van der Waals surface area (Å²) in [5, 5.41) is 6.17. The average molecular weight is 581 g/mol. The second-order valence-corrected chi connectivity index (χ2v) is 11.9. The summed E-state index contributed by atoms with van der Waals surface area (Å²) < 4.78 is 49.9. The number of ether oxygens (including phenoxy) is 2. The summed E-state index contributed by atoms with van der Waals surface area (Å²) in [6, 6.07) is 18.8. The molecule has 5 rings (SSSR count). The first-order valence-electron chi connectivity index (χ1n) is 14.0. The number of nitrogens with zero attached hydrogens (tertiary/aromatic N) is 2. The summed E-state index contributed by atoms with van der Waals surface area (Å²) >= 11 is 0. The highest BCUT2D eigenvalue weighted by molar-refractivity contribution is 5.92. The number of aryl methyl sites for hydroxylation is 1. The number of aromatic nitrogens is 2. The lowest BCUT2D eigenvalue weighted by atomic mass is 9.70. The van der Waals surface area contributed by atoms with Crippen molar-refractivity contribution in [1.82, 2.24) is 9.55 Å². The molecule has 1 aliphatic carbocycles. The minimum Gasteiger partial charge on any atom is -0.484 e. The smallest absolute Gasteiger partial charge is 0.484 e. The van der Waals surface area contributed by atoms with Crippen molar-refractivity contribution in [2.45, 2.75) is 59.4 Å². The second-order valence-electron chi connectivity index (χ2n) is 11.9. The molecular formula is C32H35F3N4O3. The highest BCUT2D eigenvalue weighted by Crippen LogP contribution is 2.46. The van der Waals surface area contributed by atoms with E-state index < -0.39 is 6.36 Å². The van der Waals surface area contributed by atoms with Gasteiger partial charge in [-0.2, -0.15) is 0 Å². The Bertz CT molecular complexity index is 1560. The van der Waals surface area contributed by atoms with E-state index in [4.69, 9.17) is 9.72 Å². The van der Waals surface area contributed by atoms with E-state index >= 15 is 0 Å². The van der Waals surface area contributed by atoms with Crippen molar-refractivity contribution in [2.24, 2.45) is 11.3 Å². The van der Waals surface area contributed by atoms with Crippen LogP contribution in [0.4, 0.5) is 30.5 Å². The normalized spacial score (nSPS) is 18.5. The maximum Gasteiger partial charge on any atom is 0.573 e. The SMILES string of the molecule is Cc1ccccc1NC(=O)COc1ccc2c(c1)nc(Nc1ccc(OC(F)(F)F)cc1)n2[C@@H]1C[C@@H](C)CC(C)(C)C1. The minimum atomic E-state index is -4.76. The Kier molecular flexibility index (Phi) is 8.08. The first-order chi connectivity index (χ1) is 19.8. The molecule has 1 fully saturated rings. The Morgan fingerprint density at radius 1 is 1.05 bits per heavy atom. The van der Waals surface area contributed by atoms with Crippen molar-refractivity contribution < 1.29 is 27.4 Å². The summed E-state index contributed by atoms with van der Waals surface area (Å²) in [6.07, 6.45) is -1.71. The van der Waals surface area contributed by atoms with E-state index in [-0.39, 0.29) is 29.7 Å². The van der Waals surface area contributed by atoms with Gasteiger partial charge in [-0.25, -0.2) is 4.98 Å². The third kappa shape index (κ3) is 7.16. The zero-order valence-corrected chi connectivity index (χ0v) is 24.1. The number of benzene rings is 3. The molecule has 0 bridgehead atoms. The van der Waals surface area contributed by atoms with Gasteiger partial charge in [0.05, 0.1) is 11.0 Å². The van der Waals surface area contributed by atoms with Gasteiger partial charge in [0.25, 0.3) is 5.91 Å². The Balaban J connectivity index is 1.40. The molecule has 1 heterocycles. The van der Waals surface area contributed by atoms with Gasteiger partial charge in [-0.3, -0.25) is 4.79 Å². The van der Waals surface area contributed by atoms with Gasteiger partial charge in [0.1, 0.15) is 11.5 Å². The Labute approximate surface area is 243 Å². The van der Waals surface area contributed by atoms with Crippen molar-refractivity contribution in [3.63, 3.8) is 0 Å². The van der Waals surface area contributed by atoms with E-state index in [0.717, 1.165) is 36.0 Å². The van der Waals surface area contributed by atoms with Gasteiger partial charge >= 0.3 is 6.36 Å². The van der Waals surface area contributed by atoms with E-state index in [2.05, 4.69) is 40.7 Å². The standard InChI is InChI=1S/C32H35F3N4O3/c1-20-15-23(18-31(3,4)17-20)39-28-14-13-25(41-19-29(40)37-26-8-6-5-7-21(26)2)16-27(28)38-30(39)36-22-9-11-24(12-10-22)42-32(33,34)35/h5-14,16,20,23H,15,17-19H2,1-4H3,(H,36,38)(H,37,40)/t20-,23-/m1/s1. The number of rotatable bonds is 8. The Morgan fingerprint density at radius 2 is 1.76 bits per heavy atom. The maximum absolute atomic E-state index is 12.6. The Hall–Kier alpha value is -4.21. The Morgan fingerprint density at radius 3 is 2.45 bits per heavy atom. The first-order valence-corrected chi connectivity index (χ1v) is 14.0. The van der Waals surface area contributed by atoms with Gasteiger partial charge < -0.3 is 24.7 Å². The number of carbonyl (C=O) groups is 1. The number of anilines is 3. The number of nitrogens with one attached hydrogen (secondary N) is 2. The first kappa shape index (κ1) is 29.3. The van der Waals surface area contributed by atoms with E-state index in [1.807, 2.05) is 43.3 Å². The minimum absolute atomic E-state index is 0.139. The van der Waals surface area contributed by atoms with E-state index in [1.165, 1.54) is 24.3 Å². The largest absolute Gasteiger partial charge is 0.573 e. The number of alkyl halides is 3. The van der Waals surface area contributed by atoms with Gasteiger partial charge in [0, 0.05) is 23.5 Å². The number of fused-ring (bicyclic) bond motifs is 1. The summed E-state index contributed by atoms with van der Waals surface area (Å²) in [5.74, 6) is 1.03. The van der Waals surface area contributed by atoms with Crippen LogP contribution in [0.2, 0.25) is 0 Å². The summed E-state index contributed by atoms with van der Waals surface area (Å²) in [7, 11) is 0. The number of para-hydroxylation sites is 1. The second kappa shape index (κ2) is 11.6. The molecule has 0 unspecified atom stereocenters. The molecule has 2 N–H and O–H groups in total. The van der Waals surface area contributed by atoms with Crippen LogP contribution in [0, 0.1) is 18.3 Å². The molecule has 222 valence electrons. The van der Waals surface area contributed by atoms with Gasteiger partial charge in [-0.1, -0.05) is 39.0 Å². The number of hydrogen-bond acceptors (Lipinski definition) is 5. The van der Waals surface area contributed by atoms with Crippen LogP contribution in [0.3, 0.4) is 0 Å². The summed E-state index contributed by atoms with van der Waals surface area (Å²) in [5.41, 5.74) is 4.00. The monoisotopic (exact) mass is 580 g/mol. The zero-order valence-electron chi connectivity index (χ0n) is 24.1. The highest BCUT2D eigenvalue weighted by Gasteiger charge is 2.35. The molecule has 0 radical (unpaired) electrons. The number of amides is 1.